The molecule has 0 aromatic carbocycles. The van der Waals surface area contributed by atoms with Gasteiger partial charge in [0.15, 0.2) is 0 Å². The Balaban J connectivity index is 2.29. The van der Waals surface area contributed by atoms with Crippen molar-refractivity contribution in [3.05, 3.63) is 42.7 Å². The molecule has 0 bridgehead atoms. The number of nitrogens with zero attached hydrogens (tertiary/aromatic N) is 1. The molecule has 6 nitrogen and oxygen atoms in total. The largest absolute Gasteiger partial charge is 0.383 e. The monoisotopic (exact) mass is 294 g/mol. The summed E-state index contributed by atoms with van der Waals surface area (Å²) in [5.41, 5.74) is 5.23. The van der Waals surface area contributed by atoms with E-state index in [2.05, 4.69) is 10.3 Å². The number of nitrogens with one attached hydrogen (secondary N) is 2. The molecule has 0 radical (unpaired) electrons. The van der Waals surface area contributed by atoms with Gasteiger partial charge in [-0.15, -0.1) is 11.3 Å². The maximum absolute atomic E-state index is 11.8. The van der Waals surface area contributed by atoms with E-state index in [4.69, 9.17) is 5.73 Å². The van der Waals surface area contributed by atoms with Crippen molar-refractivity contribution in [1.29, 1.82) is 0 Å². The summed E-state index contributed by atoms with van der Waals surface area (Å²) in [5, 5.41) is 3.02. The SMILES string of the molecule is CCCn1c(N)c(NCc2ccc(C)s2)c(=O)[nH]c1=O. The Bertz CT molecular complexity index is 714. The van der Waals surface area contributed by atoms with Gasteiger partial charge >= 0.3 is 5.69 Å². The van der Waals surface area contributed by atoms with E-state index in [1.54, 1.807) is 11.3 Å². The summed E-state index contributed by atoms with van der Waals surface area (Å²) in [7, 11) is 0. The van der Waals surface area contributed by atoms with Gasteiger partial charge in [-0.1, -0.05) is 6.92 Å². The highest BCUT2D eigenvalue weighted by Gasteiger charge is 2.11. The maximum atomic E-state index is 11.8. The topological polar surface area (TPSA) is 92.9 Å². The predicted octanol–water partition coefficient (Wildman–Crippen LogP) is 1.51. The predicted molar refractivity (Wildman–Crippen MR) is 82.4 cm³/mol. The van der Waals surface area contributed by atoms with E-state index in [1.165, 1.54) is 9.44 Å². The standard InChI is InChI=1S/C13H18N4O2S/c1-3-6-17-11(14)10(12(18)16-13(17)19)15-7-9-5-4-8(2)20-9/h4-5,15H,3,6-7,14H2,1-2H3,(H,16,18,19). The Kier molecular flexibility index (Phi) is 4.29. The molecule has 0 unspecified atom stereocenters. The quantitative estimate of drug-likeness (QED) is 0.779. The Labute approximate surface area is 120 Å². The molecule has 0 atom stereocenters. The summed E-state index contributed by atoms with van der Waals surface area (Å²) in [4.78, 5) is 28.1. The van der Waals surface area contributed by atoms with Crippen molar-refractivity contribution in [2.45, 2.75) is 33.4 Å². The van der Waals surface area contributed by atoms with E-state index in [-0.39, 0.29) is 11.5 Å². The molecule has 0 aliphatic carbocycles. The van der Waals surface area contributed by atoms with E-state index in [0.29, 0.717) is 13.1 Å². The van der Waals surface area contributed by atoms with Gasteiger partial charge in [-0.25, -0.2) is 4.79 Å². The molecule has 108 valence electrons. The van der Waals surface area contributed by atoms with E-state index in [9.17, 15) is 9.59 Å². The van der Waals surface area contributed by atoms with Crippen molar-refractivity contribution in [3.63, 3.8) is 0 Å². The van der Waals surface area contributed by atoms with Crippen LogP contribution in [0.5, 0.6) is 0 Å². The van der Waals surface area contributed by atoms with Crippen LogP contribution in [0.2, 0.25) is 0 Å². The molecule has 0 fully saturated rings. The number of rotatable bonds is 5. The van der Waals surface area contributed by atoms with Gasteiger partial charge in [-0.2, -0.15) is 0 Å². The molecule has 2 heterocycles. The summed E-state index contributed by atoms with van der Waals surface area (Å²) < 4.78 is 1.38. The van der Waals surface area contributed by atoms with E-state index in [0.717, 1.165) is 11.3 Å². The van der Waals surface area contributed by atoms with Crippen molar-refractivity contribution < 1.29 is 0 Å². The van der Waals surface area contributed by atoms with Crippen molar-refractivity contribution >= 4 is 22.8 Å². The molecule has 0 saturated heterocycles. The minimum absolute atomic E-state index is 0.189. The highest BCUT2D eigenvalue weighted by atomic mass is 32.1. The summed E-state index contributed by atoms with van der Waals surface area (Å²) in [6, 6.07) is 4.02. The molecule has 20 heavy (non-hydrogen) atoms. The molecule has 0 aliphatic rings. The van der Waals surface area contributed by atoms with Crippen LogP contribution in [-0.2, 0) is 13.1 Å². The molecule has 0 saturated carbocycles. The smallest absolute Gasteiger partial charge is 0.330 e. The second-order valence-corrected chi connectivity index (χ2v) is 5.91. The fourth-order valence-electron chi connectivity index (χ4n) is 1.96. The highest BCUT2D eigenvalue weighted by Crippen LogP contribution is 2.17. The number of H-pyrrole nitrogens is 1. The Hall–Kier alpha value is -2.02. The average molecular weight is 294 g/mol. The first-order chi connectivity index (χ1) is 9.52. The molecular formula is C13H18N4O2S. The fourth-order valence-corrected chi connectivity index (χ4v) is 2.79. The average Bonchev–Trinajstić information content (AvgIpc) is 2.80. The van der Waals surface area contributed by atoms with Gasteiger partial charge in [0.1, 0.15) is 11.5 Å². The first-order valence-corrected chi connectivity index (χ1v) is 7.26. The number of hydrogen-bond acceptors (Lipinski definition) is 5. The van der Waals surface area contributed by atoms with Crippen LogP contribution < -0.4 is 22.3 Å². The summed E-state index contributed by atoms with van der Waals surface area (Å²) in [6.07, 6.45) is 0.764. The first kappa shape index (κ1) is 14.4. The normalized spacial score (nSPS) is 10.7. The number of aromatic amines is 1. The van der Waals surface area contributed by atoms with Gasteiger partial charge in [-0.05, 0) is 25.5 Å². The molecule has 2 aromatic rings. The summed E-state index contributed by atoms with van der Waals surface area (Å²) in [5.74, 6) is 0.189. The number of aromatic nitrogens is 2. The van der Waals surface area contributed by atoms with Gasteiger partial charge in [-0.3, -0.25) is 14.3 Å². The zero-order chi connectivity index (χ0) is 14.7. The molecule has 0 spiro atoms. The zero-order valence-corrected chi connectivity index (χ0v) is 12.3. The number of aryl methyl sites for hydroxylation is 1. The zero-order valence-electron chi connectivity index (χ0n) is 11.5. The number of anilines is 2. The lowest BCUT2D eigenvalue weighted by atomic mass is 10.4. The lowest BCUT2D eigenvalue weighted by Gasteiger charge is -2.12. The van der Waals surface area contributed by atoms with Crippen molar-refractivity contribution in [3.8, 4) is 0 Å². The molecular weight excluding hydrogens is 276 g/mol. The third-order valence-electron chi connectivity index (χ3n) is 2.92. The Morgan fingerprint density at radius 2 is 2.15 bits per heavy atom. The molecule has 0 aliphatic heterocycles. The van der Waals surface area contributed by atoms with Crippen molar-refractivity contribution in [2.75, 3.05) is 11.1 Å². The van der Waals surface area contributed by atoms with Gasteiger partial charge in [0.2, 0.25) is 0 Å². The number of nitrogen functional groups attached to an aromatic ring is 1. The maximum Gasteiger partial charge on any atom is 0.330 e. The molecule has 0 amide bonds. The minimum atomic E-state index is -0.479. The second-order valence-electron chi connectivity index (χ2n) is 4.54. The lowest BCUT2D eigenvalue weighted by molar-refractivity contribution is 0.642. The number of nitrogens with two attached hydrogens (primary N) is 1. The van der Waals surface area contributed by atoms with Crippen LogP contribution in [0.4, 0.5) is 11.5 Å². The minimum Gasteiger partial charge on any atom is -0.383 e. The highest BCUT2D eigenvalue weighted by molar-refractivity contribution is 7.11. The van der Waals surface area contributed by atoms with Crippen LogP contribution in [0.3, 0.4) is 0 Å². The van der Waals surface area contributed by atoms with Crippen LogP contribution in [-0.4, -0.2) is 9.55 Å². The van der Waals surface area contributed by atoms with Crippen LogP contribution in [0.1, 0.15) is 23.1 Å². The second kappa shape index (κ2) is 5.96. The van der Waals surface area contributed by atoms with Gasteiger partial charge in [0.05, 0.1) is 0 Å². The van der Waals surface area contributed by atoms with Crippen LogP contribution in [0, 0.1) is 6.92 Å². The molecule has 7 heteroatoms. The third kappa shape index (κ3) is 2.93. The first-order valence-electron chi connectivity index (χ1n) is 6.44. The molecule has 2 rings (SSSR count). The molecule has 2 aromatic heterocycles. The van der Waals surface area contributed by atoms with Crippen LogP contribution in [0.25, 0.3) is 0 Å². The lowest BCUT2D eigenvalue weighted by Crippen LogP contribution is -2.34. The van der Waals surface area contributed by atoms with E-state index < -0.39 is 11.2 Å². The fraction of sp³-hybridized carbons (Fsp3) is 0.385. The Morgan fingerprint density at radius 1 is 1.40 bits per heavy atom. The van der Waals surface area contributed by atoms with E-state index >= 15 is 0 Å². The van der Waals surface area contributed by atoms with E-state index in [1.807, 2.05) is 26.0 Å². The summed E-state index contributed by atoms with van der Waals surface area (Å²) in [6.45, 7) is 4.96. The third-order valence-corrected chi connectivity index (χ3v) is 3.92. The summed E-state index contributed by atoms with van der Waals surface area (Å²) >= 11 is 1.65. The van der Waals surface area contributed by atoms with Gasteiger partial charge in [0.25, 0.3) is 5.56 Å². The molecule has 4 N–H and O–H groups in total. The Morgan fingerprint density at radius 3 is 2.75 bits per heavy atom. The number of thiophene rings is 1. The van der Waals surface area contributed by atoms with Crippen molar-refractivity contribution in [2.24, 2.45) is 0 Å². The van der Waals surface area contributed by atoms with Gasteiger partial charge in [0, 0.05) is 22.8 Å². The van der Waals surface area contributed by atoms with Crippen LogP contribution in [0.15, 0.2) is 21.7 Å². The van der Waals surface area contributed by atoms with Crippen molar-refractivity contribution in [1.82, 2.24) is 9.55 Å². The van der Waals surface area contributed by atoms with Crippen LogP contribution >= 0.6 is 11.3 Å². The van der Waals surface area contributed by atoms with Gasteiger partial charge < -0.3 is 11.1 Å². The number of hydrogen-bond donors (Lipinski definition) is 3.